The van der Waals surface area contributed by atoms with Crippen molar-refractivity contribution in [3.05, 3.63) is 70.9 Å². The maximum atomic E-state index is 13.0. The number of thiophene rings is 1. The Morgan fingerprint density at radius 3 is 2.53 bits per heavy atom. The molecule has 1 heterocycles. The molecule has 0 N–H and O–H groups in total. The minimum atomic E-state index is -0.228. The van der Waals surface area contributed by atoms with Gasteiger partial charge in [-0.1, -0.05) is 30.3 Å². The van der Waals surface area contributed by atoms with Crippen LogP contribution in [0.25, 0.3) is 10.1 Å². The second-order valence-electron chi connectivity index (χ2n) is 4.35. The van der Waals surface area contributed by atoms with Gasteiger partial charge in [-0.2, -0.15) is 0 Å². The van der Waals surface area contributed by atoms with Crippen LogP contribution in [0, 0.1) is 5.82 Å². The van der Waals surface area contributed by atoms with Crippen molar-refractivity contribution in [2.24, 2.45) is 0 Å². The molecule has 0 fully saturated rings. The first-order chi connectivity index (χ1) is 9.29. The summed E-state index contributed by atoms with van der Waals surface area (Å²) in [6.45, 7) is 0. The summed E-state index contributed by atoms with van der Waals surface area (Å²) in [5.41, 5.74) is 2.10. The lowest BCUT2D eigenvalue weighted by Gasteiger charge is -2.15. The number of fused-ring (bicyclic) bond motifs is 1. The number of methoxy groups -OCH3 is 1. The van der Waals surface area contributed by atoms with E-state index in [4.69, 9.17) is 4.74 Å². The van der Waals surface area contributed by atoms with Gasteiger partial charge in [0.25, 0.3) is 0 Å². The van der Waals surface area contributed by atoms with Crippen molar-refractivity contribution in [1.29, 1.82) is 0 Å². The van der Waals surface area contributed by atoms with Crippen LogP contribution >= 0.6 is 11.3 Å². The number of halogens is 1. The van der Waals surface area contributed by atoms with Gasteiger partial charge in [-0.05, 0) is 34.5 Å². The summed E-state index contributed by atoms with van der Waals surface area (Å²) in [7, 11) is 1.68. The second-order valence-corrected chi connectivity index (χ2v) is 5.27. The number of ether oxygens (including phenoxy) is 1. The minimum Gasteiger partial charge on any atom is -0.372 e. The van der Waals surface area contributed by atoms with Crippen molar-refractivity contribution in [2.45, 2.75) is 6.10 Å². The van der Waals surface area contributed by atoms with Gasteiger partial charge in [0.15, 0.2) is 0 Å². The smallest absolute Gasteiger partial charge is 0.123 e. The monoisotopic (exact) mass is 272 g/mol. The van der Waals surface area contributed by atoms with E-state index in [2.05, 4.69) is 17.5 Å². The van der Waals surface area contributed by atoms with E-state index in [-0.39, 0.29) is 11.9 Å². The summed E-state index contributed by atoms with van der Waals surface area (Å²) in [6.07, 6.45) is -0.156. The van der Waals surface area contributed by atoms with Crippen molar-refractivity contribution in [3.63, 3.8) is 0 Å². The molecule has 0 unspecified atom stereocenters. The number of benzene rings is 2. The van der Waals surface area contributed by atoms with Crippen LogP contribution in [0.3, 0.4) is 0 Å². The molecule has 0 aliphatic rings. The highest BCUT2D eigenvalue weighted by molar-refractivity contribution is 7.17. The molecule has 0 spiro atoms. The molecule has 0 saturated heterocycles. The SMILES string of the molecule is CO[C@@H](c1ccc(F)cc1)c1csc2ccccc12. The van der Waals surface area contributed by atoms with Crippen LogP contribution in [0.4, 0.5) is 4.39 Å². The third-order valence-corrected chi connectivity index (χ3v) is 4.18. The Morgan fingerprint density at radius 1 is 1.05 bits per heavy atom. The topological polar surface area (TPSA) is 9.23 Å². The minimum absolute atomic E-state index is 0.156. The first-order valence-electron chi connectivity index (χ1n) is 6.04. The van der Waals surface area contributed by atoms with Gasteiger partial charge in [-0.15, -0.1) is 11.3 Å². The molecule has 3 heteroatoms. The van der Waals surface area contributed by atoms with Gasteiger partial charge in [0, 0.05) is 17.4 Å². The summed E-state index contributed by atoms with van der Waals surface area (Å²) in [5.74, 6) is -0.228. The zero-order valence-corrected chi connectivity index (χ0v) is 11.3. The molecule has 0 bridgehead atoms. The summed E-state index contributed by atoms with van der Waals surface area (Å²) in [5, 5.41) is 3.31. The standard InChI is InChI=1S/C16H13FOS/c1-18-16(11-6-8-12(17)9-7-11)14-10-19-15-5-3-2-4-13(14)15/h2-10,16H,1H3/t16-/m0/s1. The fraction of sp³-hybridized carbons (Fsp3) is 0.125. The Balaban J connectivity index is 2.09. The van der Waals surface area contributed by atoms with E-state index < -0.39 is 0 Å². The molecule has 0 aliphatic heterocycles. The van der Waals surface area contributed by atoms with Gasteiger partial charge in [0.05, 0.1) is 0 Å². The van der Waals surface area contributed by atoms with Crippen molar-refractivity contribution < 1.29 is 9.13 Å². The maximum absolute atomic E-state index is 13.0. The van der Waals surface area contributed by atoms with Crippen LogP contribution in [-0.4, -0.2) is 7.11 Å². The fourth-order valence-corrected chi connectivity index (χ4v) is 3.26. The van der Waals surface area contributed by atoms with E-state index in [9.17, 15) is 4.39 Å². The quantitative estimate of drug-likeness (QED) is 0.667. The molecule has 0 amide bonds. The fourth-order valence-electron chi connectivity index (χ4n) is 2.28. The highest BCUT2D eigenvalue weighted by atomic mass is 32.1. The van der Waals surface area contributed by atoms with Crippen LogP contribution in [0.15, 0.2) is 53.9 Å². The molecule has 2 aromatic carbocycles. The lowest BCUT2D eigenvalue weighted by molar-refractivity contribution is 0.138. The molecule has 0 saturated carbocycles. The normalized spacial score (nSPS) is 12.7. The van der Waals surface area contributed by atoms with Crippen LogP contribution in [0.2, 0.25) is 0 Å². The van der Waals surface area contributed by atoms with Crippen LogP contribution in [-0.2, 0) is 4.74 Å². The molecule has 96 valence electrons. The van der Waals surface area contributed by atoms with Crippen LogP contribution < -0.4 is 0 Å². The molecule has 0 radical (unpaired) electrons. The predicted octanol–water partition coefficient (Wildman–Crippen LogP) is 4.78. The van der Waals surface area contributed by atoms with Gasteiger partial charge in [0.1, 0.15) is 11.9 Å². The Labute approximate surface area is 115 Å². The van der Waals surface area contributed by atoms with Gasteiger partial charge in [-0.3, -0.25) is 0 Å². The lowest BCUT2D eigenvalue weighted by atomic mass is 10.0. The molecule has 3 rings (SSSR count). The van der Waals surface area contributed by atoms with Gasteiger partial charge >= 0.3 is 0 Å². The van der Waals surface area contributed by atoms with E-state index >= 15 is 0 Å². The van der Waals surface area contributed by atoms with E-state index in [0.29, 0.717) is 0 Å². The Bertz CT molecular complexity index is 687. The van der Waals surface area contributed by atoms with Crippen molar-refractivity contribution in [2.75, 3.05) is 7.11 Å². The molecule has 1 aromatic heterocycles. The molecule has 19 heavy (non-hydrogen) atoms. The lowest BCUT2D eigenvalue weighted by Crippen LogP contribution is -2.02. The number of rotatable bonds is 3. The van der Waals surface area contributed by atoms with Crippen LogP contribution in [0.5, 0.6) is 0 Å². The molecule has 3 aromatic rings. The highest BCUT2D eigenvalue weighted by Crippen LogP contribution is 2.35. The second kappa shape index (κ2) is 5.11. The zero-order chi connectivity index (χ0) is 13.2. The van der Waals surface area contributed by atoms with Gasteiger partial charge in [0.2, 0.25) is 0 Å². The highest BCUT2D eigenvalue weighted by Gasteiger charge is 2.17. The van der Waals surface area contributed by atoms with E-state index in [1.54, 1.807) is 30.6 Å². The van der Waals surface area contributed by atoms with Crippen LogP contribution in [0.1, 0.15) is 17.2 Å². The maximum Gasteiger partial charge on any atom is 0.123 e. The molecular weight excluding hydrogens is 259 g/mol. The summed E-state index contributed by atoms with van der Waals surface area (Å²) in [4.78, 5) is 0. The van der Waals surface area contributed by atoms with Gasteiger partial charge < -0.3 is 4.74 Å². The summed E-state index contributed by atoms with van der Waals surface area (Å²) in [6, 6.07) is 14.7. The summed E-state index contributed by atoms with van der Waals surface area (Å²) < 4.78 is 19.9. The van der Waals surface area contributed by atoms with E-state index in [1.807, 2.05) is 12.1 Å². The van der Waals surface area contributed by atoms with Crippen molar-refractivity contribution in [1.82, 2.24) is 0 Å². The van der Waals surface area contributed by atoms with Crippen molar-refractivity contribution >= 4 is 21.4 Å². The summed E-state index contributed by atoms with van der Waals surface area (Å²) >= 11 is 1.70. The Hall–Kier alpha value is -1.71. The molecule has 0 aliphatic carbocycles. The Morgan fingerprint density at radius 2 is 1.79 bits per heavy atom. The first-order valence-corrected chi connectivity index (χ1v) is 6.92. The van der Waals surface area contributed by atoms with E-state index in [1.165, 1.54) is 22.2 Å². The predicted molar refractivity (Wildman–Crippen MR) is 77.1 cm³/mol. The number of hydrogen-bond donors (Lipinski definition) is 0. The zero-order valence-electron chi connectivity index (χ0n) is 10.5. The first kappa shape index (κ1) is 12.3. The molecular formula is C16H13FOS. The third kappa shape index (κ3) is 2.27. The number of hydrogen-bond acceptors (Lipinski definition) is 2. The van der Waals surface area contributed by atoms with Crippen molar-refractivity contribution in [3.8, 4) is 0 Å². The molecule has 1 nitrogen and oxygen atoms in total. The third-order valence-electron chi connectivity index (χ3n) is 3.20. The Kier molecular flexibility index (Phi) is 3.32. The average molecular weight is 272 g/mol. The van der Waals surface area contributed by atoms with Gasteiger partial charge in [-0.25, -0.2) is 4.39 Å². The van der Waals surface area contributed by atoms with E-state index in [0.717, 1.165) is 11.1 Å². The molecule has 1 atom stereocenters. The largest absolute Gasteiger partial charge is 0.372 e. The average Bonchev–Trinajstić information content (AvgIpc) is 2.86.